The summed E-state index contributed by atoms with van der Waals surface area (Å²) in [6.07, 6.45) is 10.4. The van der Waals surface area contributed by atoms with Gasteiger partial charge in [0, 0.05) is 17.9 Å². The molecule has 1 aliphatic heterocycles. The van der Waals surface area contributed by atoms with Crippen LogP contribution in [-0.4, -0.2) is 18.9 Å². The van der Waals surface area contributed by atoms with Crippen molar-refractivity contribution in [2.24, 2.45) is 23.7 Å². The van der Waals surface area contributed by atoms with Gasteiger partial charge in [0.15, 0.2) is 0 Å². The number of hydrogen-bond acceptors (Lipinski definition) is 3. The predicted molar refractivity (Wildman–Crippen MR) is 98.7 cm³/mol. The molecular weight excluding hydrogens is 326 g/mol. The highest BCUT2D eigenvalue weighted by Gasteiger charge is 2.62. The van der Waals surface area contributed by atoms with Crippen molar-refractivity contribution in [3.63, 3.8) is 0 Å². The number of nitrogens with zero attached hydrogens (tertiary/aromatic N) is 1. The number of allylic oxidation sites excluding steroid dienone is 4. The molecule has 4 nitrogen and oxygen atoms in total. The monoisotopic (exact) mass is 349 g/mol. The minimum atomic E-state index is -0.215. The maximum atomic E-state index is 13.2. The van der Waals surface area contributed by atoms with Crippen LogP contribution in [0.5, 0.6) is 5.75 Å². The van der Waals surface area contributed by atoms with E-state index >= 15 is 0 Å². The van der Waals surface area contributed by atoms with Crippen LogP contribution in [0.1, 0.15) is 32.1 Å². The smallest absolute Gasteiger partial charge is 0.238 e. The lowest BCUT2D eigenvalue weighted by Crippen LogP contribution is -2.33. The highest BCUT2D eigenvalue weighted by atomic mass is 16.5. The molecule has 0 unspecified atom stereocenters. The molecule has 0 radical (unpaired) electrons. The molecule has 26 heavy (non-hydrogen) atoms. The molecule has 2 bridgehead atoms. The van der Waals surface area contributed by atoms with Crippen LogP contribution < -0.4 is 9.64 Å². The Kier molecular flexibility index (Phi) is 3.56. The van der Waals surface area contributed by atoms with E-state index < -0.39 is 0 Å². The van der Waals surface area contributed by atoms with Crippen LogP contribution in [0.4, 0.5) is 5.69 Å². The second-order valence-corrected chi connectivity index (χ2v) is 7.82. The molecule has 0 spiro atoms. The molecule has 1 heterocycles. The Bertz CT molecular complexity index is 811. The van der Waals surface area contributed by atoms with E-state index in [9.17, 15) is 9.59 Å². The number of carbonyl (C=O) groups excluding carboxylic acids is 2. The fraction of sp³-hybridized carbons (Fsp3) is 0.455. The van der Waals surface area contributed by atoms with E-state index in [4.69, 9.17) is 4.74 Å². The fourth-order valence-corrected chi connectivity index (χ4v) is 5.51. The van der Waals surface area contributed by atoms with Gasteiger partial charge < -0.3 is 4.74 Å². The van der Waals surface area contributed by atoms with E-state index in [-0.39, 0.29) is 35.5 Å². The third-order valence-electron chi connectivity index (χ3n) is 6.59. The molecule has 1 aromatic carbocycles. The van der Waals surface area contributed by atoms with E-state index in [1.165, 1.54) is 35.3 Å². The second-order valence-electron chi connectivity index (χ2n) is 7.82. The summed E-state index contributed by atoms with van der Waals surface area (Å²) in [5, 5.41) is 0. The molecule has 0 aromatic heterocycles. The summed E-state index contributed by atoms with van der Waals surface area (Å²) >= 11 is 0. The number of benzene rings is 1. The number of anilines is 1. The van der Waals surface area contributed by atoms with Crippen LogP contribution in [0.3, 0.4) is 0 Å². The van der Waals surface area contributed by atoms with Gasteiger partial charge in [-0.15, -0.1) is 0 Å². The number of carbonyl (C=O) groups is 2. The van der Waals surface area contributed by atoms with Gasteiger partial charge in [0.05, 0.1) is 24.6 Å². The van der Waals surface area contributed by atoms with E-state index in [0.29, 0.717) is 11.4 Å². The Morgan fingerprint density at radius 2 is 1.62 bits per heavy atom. The molecular formula is C22H23NO3. The van der Waals surface area contributed by atoms with Crippen LogP contribution in [0.15, 0.2) is 47.6 Å². The summed E-state index contributed by atoms with van der Waals surface area (Å²) in [4.78, 5) is 27.8. The van der Waals surface area contributed by atoms with Gasteiger partial charge in [0.25, 0.3) is 0 Å². The number of rotatable bonds is 2. The standard InChI is InChI=1S/C22H23NO3/c1-26-15-9-5-8-14(12-15)23-21(24)19-16-10-11-17(20(19)22(23)25)18(16)13-6-3-2-4-7-13/h5,8-12,16-17,19-20H,2-4,6-7H2,1H3/t16-,17+,19-,20+. The van der Waals surface area contributed by atoms with Gasteiger partial charge >= 0.3 is 0 Å². The molecule has 134 valence electrons. The van der Waals surface area contributed by atoms with Crippen molar-refractivity contribution in [2.45, 2.75) is 32.1 Å². The van der Waals surface area contributed by atoms with Gasteiger partial charge in [-0.1, -0.05) is 35.8 Å². The maximum absolute atomic E-state index is 13.2. The molecule has 2 amide bonds. The molecule has 3 fully saturated rings. The Morgan fingerprint density at radius 1 is 0.962 bits per heavy atom. The summed E-state index contributed by atoms with van der Waals surface area (Å²) < 4.78 is 5.26. The highest BCUT2D eigenvalue weighted by molar-refractivity contribution is 6.23. The Morgan fingerprint density at radius 3 is 2.23 bits per heavy atom. The third-order valence-corrected chi connectivity index (χ3v) is 6.59. The van der Waals surface area contributed by atoms with Gasteiger partial charge in [-0.05, 0) is 37.8 Å². The first kappa shape index (κ1) is 15.9. The Hall–Kier alpha value is -2.36. The lowest BCUT2D eigenvalue weighted by molar-refractivity contribution is -0.122. The van der Waals surface area contributed by atoms with Crippen molar-refractivity contribution < 1.29 is 14.3 Å². The van der Waals surface area contributed by atoms with Crippen molar-refractivity contribution in [2.75, 3.05) is 12.0 Å². The van der Waals surface area contributed by atoms with Gasteiger partial charge in [0.1, 0.15) is 5.75 Å². The Balaban J connectivity index is 1.52. The fourth-order valence-electron chi connectivity index (χ4n) is 5.51. The van der Waals surface area contributed by atoms with Crippen LogP contribution in [-0.2, 0) is 9.59 Å². The summed E-state index contributed by atoms with van der Waals surface area (Å²) in [5.74, 6) is 0.404. The third kappa shape index (κ3) is 2.08. The lowest BCUT2D eigenvalue weighted by Gasteiger charge is -2.23. The van der Waals surface area contributed by atoms with Crippen molar-refractivity contribution >= 4 is 17.5 Å². The van der Waals surface area contributed by atoms with Crippen LogP contribution in [0.2, 0.25) is 0 Å². The zero-order valence-corrected chi connectivity index (χ0v) is 15.0. The first-order valence-corrected chi connectivity index (χ1v) is 9.62. The van der Waals surface area contributed by atoms with Crippen LogP contribution >= 0.6 is 0 Å². The summed E-state index contributed by atoms with van der Waals surface area (Å²) in [5.41, 5.74) is 3.56. The van der Waals surface area contributed by atoms with Crippen LogP contribution in [0.25, 0.3) is 0 Å². The largest absolute Gasteiger partial charge is 0.497 e. The predicted octanol–water partition coefficient (Wildman–Crippen LogP) is 3.88. The SMILES string of the molecule is COc1cccc(N2C(=O)[C@@H]3[C@H](C2=O)[C@@H]2C=C[C@H]3C2=C2CCCCC2)c1. The number of methoxy groups -OCH3 is 1. The molecule has 1 aromatic rings. The van der Waals surface area contributed by atoms with Crippen molar-refractivity contribution in [3.8, 4) is 5.75 Å². The van der Waals surface area contributed by atoms with Crippen molar-refractivity contribution in [1.82, 2.24) is 0 Å². The number of fused-ring (bicyclic) bond motifs is 5. The molecule has 4 aliphatic rings. The van der Waals surface area contributed by atoms with E-state index in [1.54, 1.807) is 13.2 Å². The normalized spacial score (nSPS) is 32.6. The van der Waals surface area contributed by atoms with Gasteiger partial charge in [-0.3, -0.25) is 9.59 Å². The lowest BCUT2D eigenvalue weighted by atomic mass is 9.85. The minimum absolute atomic E-state index is 0.0426. The molecule has 4 atom stereocenters. The van der Waals surface area contributed by atoms with E-state index in [0.717, 1.165) is 12.8 Å². The van der Waals surface area contributed by atoms with Gasteiger partial charge in [0.2, 0.25) is 11.8 Å². The van der Waals surface area contributed by atoms with Crippen molar-refractivity contribution in [3.05, 3.63) is 47.6 Å². The highest BCUT2D eigenvalue weighted by Crippen LogP contribution is 2.58. The van der Waals surface area contributed by atoms with Gasteiger partial charge in [-0.2, -0.15) is 0 Å². The van der Waals surface area contributed by atoms with Crippen LogP contribution in [0, 0.1) is 23.7 Å². The quantitative estimate of drug-likeness (QED) is 0.601. The number of imide groups is 1. The minimum Gasteiger partial charge on any atom is -0.497 e. The number of amides is 2. The molecule has 4 heteroatoms. The maximum Gasteiger partial charge on any atom is 0.238 e. The molecule has 0 N–H and O–H groups in total. The summed E-state index contributed by atoms with van der Waals surface area (Å²) in [7, 11) is 1.59. The number of hydrogen-bond donors (Lipinski definition) is 0. The van der Waals surface area contributed by atoms with E-state index in [1.807, 2.05) is 18.2 Å². The average Bonchev–Trinajstić information content (AvgIpc) is 3.32. The first-order chi connectivity index (χ1) is 12.7. The van der Waals surface area contributed by atoms with E-state index in [2.05, 4.69) is 12.2 Å². The molecule has 1 saturated heterocycles. The Labute approximate surface area is 153 Å². The zero-order chi connectivity index (χ0) is 17.8. The average molecular weight is 349 g/mol. The second kappa shape index (κ2) is 5.83. The topological polar surface area (TPSA) is 46.6 Å². The van der Waals surface area contributed by atoms with Gasteiger partial charge in [-0.25, -0.2) is 4.90 Å². The summed E-state index contributed by atoms with van der Waals surface area (Å²) in [6.45, 7) is 0. The van der Waals surface area contributed by atoms with Crippen molar-refractivity contribution in [1.29, 1.82) is 0 Å². The molecule has 5 rings (SSSR count). The zero-order valence-electron chi connectivity index (χ0n) is 15.0. The first-order valence-electron chi connectivity index (χ1n) is 9.62. The molecule has 2 saturated carbocycles. The number of ether oxygens (including phenoxy) is 1. The summed E-state index contributed by atoms with van der Waals surface area (Å²) in [6, 6.07) is 7.24. The molecule has 3 aliphatic carbocycles.